The molecule has 2 rings (SSSR count). The summed E-state index contributed by atoms with van der Waals surface area (Å²) in [5.41, 5.74) is 0.155. The zero-order valence-corrected chi connectivity index (χ0v) is 7.18. The monoisotopic (exact) mass is 152 g/mol. The van der Waals surface area contributed by atoms with Crippen molar-refractivity contribution in [3.63, 3.8) is 0 Å². The van der Waals surface area contributed by atoms with Gasteiger partial charge in [-0.2, -0.15) is 0 Å². The minimum atomic E-state index is 0.155. The van der Waals surface area contributed by atoms with Crippen molar-refractivity contribution >= 4 is 6.29 Å². The van der Waals surface area contributed by atoms with Gasteiger partial charge in [0.1, 0.15) is 6.29 Å². The van der Waals surface area contributed by atoms with Crippen LogP contribution in [0.4, 0.5) is 0 Å². The van der Waals surface area contributed by atoms with Crippen molar-refractivity contribution in [2.45, 2.75) is 39.0 Å². The molecule has 0 N–H and O–H groups in total. The molecule has 0 saturated heterocycles. The molecule has 0 aromatic heterocycles. The van der Waals surface area contributed by atoms with Gasteiger partial charge in [0, 0.05) is 5.41 Å². The van der Waals surface area contributed by atoms with Crippen LogP contribution in [-0.4, -0.2) is 6.29 Å². The summed E-state index contributed by atoms with van der Waals surface area (Å²) in [6, 6.07) is 0. The molecule has 2 aliphatic carbocycles. The summed E-state index contributed by atoms with van der Waals surface area (Å²) >= 11 is 0. The third-order valence-corrected chi connectivity index (χ3v) is 3.30. The van der Waals surface area contributed by atoms with Crippen molar-refractivity contribution in [2.24, 2.45) is 17.3 Å². The summed E-state index contributed by atoms with van der Waals surface area (Å²) in [6.07, 6.45) is 7.51. The lowest BCUT2D eigenvalue weighted by molar-refractivity contribution is -0.112. The third kappa shape index (κ3) is 1.47. The van der Waals surface area contributed by atoms with Gasteiger partial charge in [-0.1, -0.05) is 6.92 Å². The van der Waals surface area contributed by atoms with Crippen molar-refractivity contribution in [1.29, 1.82) is 0 Å². The Morgan fingerprint density at radius 2 is 2.18 bits per heavy atom. The number of hydrogen-bond acceptors (Lipinski definition) is 1. The summed E-state index contributed by atoms with van der Waals surface area (Å²) in [5.74, 6) is 1.77. The van der Waals surface area contributed by atoms with E-state index >= 15 is 0 Å². The summed E-state index contributed by atoms with van der Waals surface area (Å²) in [6.45, 7) is 2.31. The first-order valence-corrected chi connectivity index (χ1v) is 4.72. The quantitative estimate of drug-likeness (QED) is 0.565. The Labute approximate surface area is 68.2 Å². The predicted molar refractivity (Wildman–Crippen MR) is 44.2 cm³/mol. The first-order chi connectivity index (χ1) is 5.26. The molecule has 1 nitrogen and oxygen atoms in total. The molecule has 0 bridgehead atoms. The van der Waals surface area contributed by atoms with E-state index in [1.165, 1.54) is 25.5 Å². The molecule has 0 spiro atoms. The maximum absolute atomic E-state index is 10.7. The number of carbonyl (C=O) groups excluding carboxylic acids is 1. The van der Waals surface area contributed by atoms with E-state index in [9.17, 15) is 4.79 Å². The van der Waals surface area contributed by atoms with E-state index in [2.05, 4.69) is 6.92 Å². The molecule has 1 heteroatoms. The standard InChI is InChI=1S/C10H16O/c1-8(9-2-3-9)6-10(7-11)4-5-10/h7-9H,2-6H2,1H3. The molecule has 2 saturated carbocycles. The van der Waals surface area contributed by atoms with E-state index < -0.39 is 0 Å². The molecular weight excluding hydrogens is 136 g/mol. The van der Waals surface area contributed by atoms with Gasteiger partial charge >= 0.3 is 0 Å². The van der Waals surface area contributed by atoms with Crippen LogP contribution in [0.1, 0.15) is 39.0 Å². The van der Waals surface area contributed by atoms with Crippen LogP contribution in [0.2, 0.25) is 0 Å². The number of hydrogen-bond donors (Lipinski definition) is 0. The minimum absolute atomic E-state index is 0.155. The maximum Gasteiger partial charge on any atom is 0.126 e. The van der Waals surface area contributed by atoms with Crippen molar-refractivity contribution in [2.75, 3.05) is 0 Å². The number of carbonyl (C=O) groups is 1. The summed E-state index contributed by atoms with van der Waals surface area (Å²) in [7, 11) is 0. The second-order valence-corrected chi connectivity index (χ2v) is 4.50. The fourth-order valence-electron chi connectivity index (χ4n) is 2.00. The summed E-state index contributed by atoms with van der Waals surface area (Å²) < 4.78 is 0. The van der Waals surface area contributed by atoms with Crippen LogP contribution in [-0.2, 0) is 4.79 Å². The molecule has 0 radical (unpaired) electrons. The lowest BCUT2D eigenvalue weighted by atomic mass is 9.91. The molecule has 0 aromatic carbocycles. The van der Waals surface area contributed by atoms with Crippen LogP contribution >= 0.6 is 0 Å². The molecule has 0 aliphatic heterocycles. The highest BCUT2D eigenvalue weighted by molar-refractivity contribution is 5.63. The second-order valence-electron chi connectivity index (χ2n) is 4.50. The van der Waals surface area contributed by atoms with Crippen LogP contribution in [0.3, 0.4) is 0 Å². The van der Waals surface area contributed by atoms with Gasteiger partial charge in [0.05, 0.1) is 0 Å². The van der Waals surface area contributed by atoms with E-state index in [4.69, 9.17) is 0 Å². The Morgan fingerprint density at radius 1 is 1.55 bits per heavy atom. The Balaban J connectivity index is 1.83. The predicted octanol–water partition coefficient (Wildman–Crippen LogP) is 2.40. The SMILES string of the molecule is CC(CC1(C=O)CC1)C1CC1. The van der Waals surface area contributed by atoms with Gasteiger partial charge in [0.2, 0.25) is 0 Å². The number of aldehydes is 1. The normalized spacial score (nSPS) is 29.5. The molecule has 1 unspecified atom stereocenters. The van der Waals surface area contributed by atoms with Crippen molar-refractivity contribution in [3.8, 4) is 0 Å². The first-order valence-electron chi connectivity index (χ1n) is 4.72. The zero-order valence-electron chi connectivity index (χ0n) is 7.18. The molecule has 0 heterocycles. The van der Waals surface area contributed by atoms with Crippen LogP contribution in [0.5, 0.6) is 0 Å². The second kappa shape index (κ2) is 2.33. The third-order valence-electron chi connectivity index (χ3n) is 3.30. The van der Waals surface area contributed by atoms with Crippen LogP contribution < -0.4 is 0 Å². The smallest absolute Gasteiger partial charge is 0.126 e. The molecular formula is C10H16O. The molecule has 1 atom stereocenters. The Kier molecular flexibility index (Phi) is 1.55. The van der Waals surface area contributed by atoms with Crippen LogP contribution in [0.25, 0.3) is 0 Å². The fraction of sp³-hybridized carbons (Fsp3) is 0.900. The van der Waals surface area contributed by atoms with Gasteiger partial charge in [-0.25, -0.2) is 0 Å². The molecule has 0 aromatic rings. The molecule has 2 aliphatic rings. The van der Waals surface area contributed by atoms with E-state index in [-0.39, 0.29) is 5.41 Å². The average molecular weight is 152 g/mol. The van der Waals surface area contributed by atoms with Gasteiger partial charge in [-0.3, -0.25) is 0 Å². The maximum atomic E-state index is 10.7. The Bertz CT molecular complexity index is 166. The minimum Gasteiger partial charge on any atom is -0.303 e. The van der Waals surface area contributed by atoms with Crippen LogP contribution in [0, 0.1) is 17.3 Å². The van der Waals surface area contributed by atoms with Gasteiger partial charge in [0.15, 0.2) is 0 Å². The van der Waals surface area contributed by atoms with Crippen molar-refractivity contribution in [1.82, 2.24) is 0 Å². The fourth-order valence-corrected chi connectivity index (χ4v) is 2.00. The first kappa shape index (κ1) is 7.33. The number of rotatable bonds is 4. The van der Waals surface area contributed by atoms with Gasteiger partial charge in [-0.15, -0.1) is 0 Å². The molecule has 0 amide bonds. The van der Waals surface area contributed by atoms with E-state index in [1.54, 1.807) is 0 Å². The van der Waals surface area contributed by atoms with E-state index in [1.807, 2.05) is 0 Å². The van der Waals surface area contributed by atoms with E-state index in [0.717, 1.165) is 24.7 Å². The highest BCUT2D eigenvalue weighted by Gasteiger charge is 2.45. The largest absolute Gasteiger partial charge is 0.303 e. The molecule has 62 valence electrons. The van der Waals surface area contributed by atoms with Gasteiger partial charge in [0.25, 0.3) is 0 Å². The lowest BCUT2D eigenvalue weighted by Gasteiger charge is -2.13. The summed E-state index contributed by atoms with van der Waals surface area (Å²) in [4.78, 5) is 10.7. The van der Waals surface area contributed by atoms with Crippen molar-refractivity contribution < 1.29 is 4.79 Å². The topological polar surface area (TPSA) is 17.1 Å². The Morgan fingerprint density at radius 3 is 2.55 bits per heavy atom. The average Bonchev–Trinajstić information content (AvgIpc) is 2.85. The Hall–Kier alpha value is -0.330. The van der Waals surface area contributed by atoms with Gasteiger partial charge in [-0.05, 0) is 43.9 Å². The lowest BCUT2D eigenvalue weighted by Crippen LogP contribution is -2.09. The van der Waals surface area contributed by atoms with E-state index in [0.29, 0.717) is 0 Å². The van der Waals surface area contributed by atoms with Crippen molar-refractivity contribution in [3.05, 3.63) is 0 Å². The highest BCUT2D eigenvalue weighted by atomic mass is 16.1. The highest BCUT2D eigenvalue weighted by Crippen LogP contribution is 2.52. The molecule has 2 fully saturated rings. The van der Waals surface area contributed by atoms with Crippen LogP contribution in [0.15, 0.2) is 0 Å². The summed E-state index contributed by atoms with van der Waals surface area (Å²) in [5, 5.41) is 0. The van der Waals surface area contributed by atoms with Gasteiger partial charge < -0.3 is 4.79 Å². The zero-order chi connectivity index (χ0) is 7.90. The molecule has 11 heavy (non-hydrogen) atoms.